The molecule has 0 bridgehead atoms. The third kappa shape index (κ3) is 5.17. The Morgan fingerprint density at radius 2 is 1.48 bits per heavy atom. The number of nitrogens with one attached hydrogen (secondary N) is 1. The van der Waals surface area contributed by atoms with E-state index in [0.717, 1.165) is 11.1 Å². The van der Waals surface area contributed by atoms with Gasteiger partial charge in [0.2, 0.25) is 0 Å². The smallest absolute Gasteiger partial charge is 0.338 e. The second-order valence-electron chi connectivity index (χ2n) is 5.57. The Morgan fingerprint density at radius 3 is 2.04 bits per heavy atom. The first-order valence-electron chi connectivity index (χ1n) is 7.62. The molecule has 6 nitrogen and oxygen atoms in total. The van der Waals surface area contributed by atoms with Gasteiger partial charge in [0.1, 0.15) is 0 Å². The molecule has 0 unspecified atom stereocenters. The van der Waals surface area contributed by atoms with Gasteiger partial charge in [-0.15, -0.1) is 0 Å². The molecule has 0 atom stereocenters. The molecule has 0 radical (unpaired) electrons. The van der Waals surface area contributed by atoms with Crippen molar-refractivity contribution in [2.75, 3.05) is 19.0 Å². The molecule has 0 fully saturated rings. The summed E-state index contributed by atoms with van der Waals surface area (Å²) >= 11 is 0. The molecule has 0 aliphatic rings. The van der Waals surface area contributed by atoms with Crippen LogP contribution >= 0.6 is 0 Å². The predicted octanol–water partition coefficient (Wildman–Crippen LogP) is 2.89. The van der Waals surface area contributed by atoms with Crippen LogP contribution in [0.4, 0.5) is 5.69 Å². The lowest BCUT2D eigenvalue weighted by Gasteiger charge is -2.08. The van der Waals surface area contributed by atoms with E-state index in [1.165, 1.54) is 19.2 Å². The number of hydrogen-bond acceptors (Lipinski definition) is 5. The van der Waals surface area contributed by atoms with Gasteiger partial charge in [0.25, 0.3) is 5.91 Å². The summed E-state index contributed by atoms with van der Waals surface area (Å²) in [4.78, 5) is 35.2. The lowest BCUT2D eigenvalue weighted by molar-refractivity contribution is -0.119. The van der Waals surface area contributed by atoms with E-state index in [1.807, 2.05) is 19.9 Å². The van der Waals surface area contributed by atoms with Crippen LogP contribution in [-0.2, 0) is 14.3 Å². The van der Waals surface area contributed by atoms with Crippen LogP contribution in [0.15, 0.2) is 42.5 Å². The number of aryl methyl sites for hydroxylation is 2. The molecule has 0 heterocycles. The molecule has 2 aromatic carbocycles. The molecule has 6 heteroatoms. The second kappa shape index (κ2) is 8.10. The van der Waals surface area contributed by atoms with Gasteiger partial charge < -0.3 is 14.8 Å². The molecule has 0 aliphatic heterocycles. The van der Waals surface area contributed by atoms with Crippen molar-refractivity contribution >= 4 is 23.5 Å². The van der Waals surface area contributed by atoms with Crippen LogP contribution in [0.2, 0.25) is 0 Å². The SMILES string of the molecule is COC(=O)c1ccc(NC(=O)COC(=O)c2cc(C)cc(C)c2)cc1. The van der Waals surface area contributed by atoms with E-state index in [9.17, 15) is 14.4 Å². The van der Waals surface area contributed by atoms with Gasteiger partial charge in [-0.3, -0.25) is 4.79 Å². The summed E-state index contributed by atoms with van der Waals surface area (Å²) < 4.78 is 9.62. The third-order valence-electron chi connectivity index (χ3n) is 3.38. The maximum Gasteiger partial charge on any atom is 0.338 e. The number of benzene rings is 2. The Hall–Kier alpha value is -3.15. The van der Waals surface area contributed by atoms with E-state index in [0.29, 0.717) is 16.8 Å². The number of hydrogen-bond donors (Lipinski definition) is 1. The highest BCUT2D eigenvalue weighted by Crippen LogP contribution is 2.12. The molecular weight excluding hydrogens is 322 g/mol. The summed E-state index contributed by atoms with van der Waals surface area (Å²) in [5.74, 6) is -1.48. The number of ether oxygens (including phenoxy) is 2. The molecule has 1 N–H and O–H groups in total. The van der Waals surface area contributed by atoms with Crippen LogP contribution in [0.5, 0.6) is 0 Å². The average Bonchev–Trinajstić information content (AvgIpc) is 2.58. The van der Waals surface area contributed by atoms with Crippen molar-refractivity contribution < 1.29 is 23.9 Å². The van der Waals surface area contributed by atoms with Crippen LogP contribution in [-0.4, -0.2) is 31.6 Å². The standard InChI is InChI=1S/C19H19NO5/c1-12-8-13(2)10-15(9-12)19(23)25-11-17(21)20-16-6-4-14(5-7-16)18(22)24-3/h4-10H,11H2,1-3H3,(H,20,21). The Kier molecular flexibility index (Phi) is 5.89. The maximum absolute atomic E-state index is 12.0. The molecular formula is C19H19NO5. The monoisotopic (exact) mass is 341 g/mol. The third-order valence-corrected chi connectivity index (χ3v) is 3.38. The van der Waals surface area contributed by atoms with Crippen molar-refractivity contribution in [2.24, 2.45) is 0 Å². The van der Waals surface area contributed by atoms with Gasteiger partial charge in [-0.05, 0) is 50.2 Å². The largest absolute Gasteiger partial charge is 0.465 e. The van der Waals surface area contributed by atoms with Crippen molar-refractivity contribution in [1.82, 2.24) is 0 Å². The van der Waals surface area contributed by atoms with E-state index in [1.54, 1.807) is 24.3 Å². The summed E-state index contributed by atoms with van der Waals surface area (Å²) in [6, 6.07) is 11.6. The Balaban J connectivity index is 1.90. The molecule has 2 aromatic rings. The summed E-state index contributed by atoms with van der Waals surface area (Å²) in [7, 11) is 1.29. The molecule has 0 spiro atoms. The van der Waals surface area contributed by atoms with Gasteiger partial charge in [-0.2, -0.15) is 0 Å². The van der Waals surface area contributed by atoms with Gasteiger partial charge in [-0.1, -0.05) is 17.2 Å². The van der Waals surface area contributed by atoms with Gasteiger partial charge in [0.15, 0.2) is 6.61 Å². The summed E-state index contributed by atoms with van der Waals surface area (Å²) in [6.07, 6.45) is 0. The minimum absolute atomic E-state index is 0.377. The van der Waals surface area contributed by atoms with Gasteiger partial charge >= 0.3 is 11.9 Å². The molecule has 0 saturated carbocycles. The Labute approximate surface area is 145 Å². The molecule has 25 heavy (non-hydrogen) atoms. The van der Waals surface area contributed by atoms with Crippen LogP contribution in [0, 0.1) is 13.8 Å². The van der Waals surface area contributed by atoms with E-state index in [4.69, 9.17) is 4.74 Å². The van der Waals surface area contributed by atoms with Crippen LogP contribution in [0.25, 0.3) is 0 Å². The highest BCUT2D eigenvalue weighted by molar-refractivity contribution is 5.96. The molecule has 1 amide bonds. The highest BCUT2D eigenvalue weighted by Gasteiger charge is 2.12. The number of carbonyl (C=O) groups excluding carboxylic acids is 3. The maximum atomic E-state index is 12.0. The zero-order valence-corrected chi connectivity index (χ0v) is 14.3. The van der Waals surface area contributed by atoms with E-state index >= 15 is 0 Å². The van der Waals surface area contributed by atoms with Crippen molar-refractivity contribution in [1.29, 1.82) is 0 Å². The van der Waals surface area contributed by atoms with Crippen molar-refractivity contribution in [3.63, 3.8) is 0 Å². The zero-order chi connectivity index (χ0) is 18.4. The van der Waals surface area contributed by atoms with Crippen LogP contribution in [0.1, 0.15) is 31.8 Å². The Morgan fingerprint density at radius 1 is 0.880 bits per heavy atom. The first-order chi connectivity index (χ1) is 11.9. The lowest BCUT2D eigenvalue weighted by Crippen LogP contribution is -2.21. The van der Waals surface area contributed by atoms with E-state index in [-0.39, 0.29) is 0 Å². The zero-order valence-electron chi connectivity index (χ0n) is 14.3. The lowest BCUT2D eigenvalue weighted by atomic mass is 10.1. The number of carbonyl (C=O) groups is 3. The molecule has 0 aliphatic carbocycles. The normalized spacial score (nSPS) is 10.0. The van der Waals surface area contributed by atoms with Crippen molar-refractivity contribution in [2.45, 2.75) is 13.8 Å². The molecule has 0 aromatic heterocycles. The first kappa shape index (κ1) is 18.2. The topological polar surface area (TPSA) is 81.7 Å². The fourth-order valence-electron chi connectivity index (χ4n) is 2.31. The Bertz CT molecular complexity index is 776. The molecule has 2 rings (SSSR count). The van der Waals surface area contributed by atoms with Gasteiger partial charge in [0, 0.05) is 5.69 Å². The number of methoxy groups -OCH3 is 1. The first-order valence-corrected chi connectivity index (χ1v) is 7.62. The summed E-state index contributed by atoms with van der Waals surface area (Å²) in [5, 5.41) is 2.59. The summed E-state index contributed by atoms with van der Waals surface area (Å²) in [6.45, 7) is 3.37. The van der Waals surface area contributed by atoms with E-state index in [2.05, 4.69) is 10.1 Å². The minimum Gasteiger partial charge on any atom is -0.465 e. The predicted molar refractivity (Wildman–Crippen MR) is 92.6 cm³/mol. The fraction of sp³-hybridized carbons (Fsp3) is 0.211. The number of anilines is 1. The van der Waals surface area contributed by atoms with E-state index < -0.39 is 24.5 Å². The van der Waals surface area contributed by atoms with Crippen molar-refractivity contribution in [3.8, 4) is 0 Å². The average molecular weight is 341 g/mol. The van der Waals surface area contributed by atoms with Gasteiger partial charge in [0.05, 0.1) is 18.2 Å². The molecule has 130 valence electrons. The highest BCUT2D eigenvalue weighted by atomic mass is 16.5. The number of rotatable bonds is 5. The quantitative estimate of drug-likeness (QED) is 0.846. The second-order valence-corrected chi connectivity index (χ2v) is 5.57. The van der Waals surface area contributed by atoms with Gasteiger partial charge in [-0.25, -0.2) is 9.59 Å². The fourth-order valence-corrected chi connectivity index (χ4v) is 2.31. The minimum atomic E-state index is -0.553. The van der Waals surface area contributed by atoms with Crippen LogP contribution < -0.4 is 5.32 Å². The number of amides is 1. The summed E-state index contributed by atoms with van der Waals surface area (Å²) in [5.41, 5.74) is 3.17. The number of esters is 2. The van der Waals surface area contributed by atoms with Crippen molar-refractivity contribution in [3.05, 3.63) is 64.7 Å². The van der Waals surface area contributed by atoms with Crippen LogP contribution in [0.3, 0.4) is 0 Å². The molecule has 0 saturated heterocycles.